The monoisotopic (exact) mass is 339 g/mol. The minimum absolute atomic E-state index is 0.0667. The lowest BCUT2D eigenvalue weighted by Gasteiger charge is -2.37. The van der Waals surface area contributed by atoms with Crippen LogP contribution in [0.5, 0.6) is 0 Å². The fourth-order valence-corrected chi connectivity index (χ4v) is 2.95. The van der Waals surface area contributed by atoms with Gasteiger partial charge in [-0.05, 0) is 38.1 Å². The van der Waals surface area contributed by atoms with Gasteiger partial charge in [0.2, 0.25) is 0 Å². The maximum Gasteiger partial charge on any atom is 0.260 e. The van der Waals surface area contributed by atoms with Crippen molar-refractivity contribution in [3.63, 3.8) is 0 Å². The van der Waals surface area contributed by atoms with E-state index in [1.54, 1.807) is 17.2 Å². The largest absolute Gasteiger partial charge is 0.356 e. The highest BCUT2D eigenvalue weighted by Gasteiger charge is 2.34. The molecule has 0 saturated heterocycles. The highest BCUT2D eigenvalue weighted by Crippen LogP contribution is 2.38. The lowest BCUT2D eigenvalue weighted by molar-refractivity contribution is 0.0958. The molecule has 24 heavy (non-hydrogen) atoms. The summed E-state index contributed by atoms with van der Waals surface area (Å²) in [6, 6.07) is 11.2. The molecule has 0 radical (unpaired) electrons. The lowest BCUT2D eigenvalue weighted by atomic mass is 9.97. The summed E-state index contributed by atoms with van der Waals surface area (Å²) in [6.07, 6.45) is 1.65. The summed E-state index contributed by atoms with van der Waals surface area (Å²) in [5, 5.41) is 4.53. The molecule has 6 heteroatoms. The molecule has 3 heterocycles. The van der Waals surface area contributed by atoms with Gasteiger partial charge >= 0.3 is 0 Å². The van der Waals surface area contributed by atoms with E-state index < -0.39 is 0 Å². The smallest absolute Gasteiger partial charge is 0.260 e. The van der Waals surface area contributed by atoms with Crippen molar-refractivity contribution in [2.75, 3.05) is 4.90 Å². The zero-order chi connectivity index (χ0) is 16.8. The number of fused-ring (bicyclic) bond motifs is 1. The molecule has 5 nitrogen and oxygen atoms in total. The van der Waals surface area contributed by atoms with Crippen molar-refractivity contribution < 1.29 is 9.32 Å². The number of carbonyl (C=O) groups is 1. The van der Waals surface area contributed by atoms with Crippen LogP contribution in [0.2, 0.25) is 5.15 Å². The Bertz CT molecular complexity index is 932. The second-order valence-electron chi connectivity index (χ2n) is 5.95. The molecule has 0 saturated carbocycles. The highest BCUT2D eigenvalue weighted by molar-refractivity contribution is 6.29. The molecule has 0 N–H and O–H groups in total. The molecule has 4 rings (SSSR count). The van der Waals surface area contributed by atoms with Crippen molar-refractivity contribution in [2.24, 2.45) is 0 Å². The molecular formula is C18H14ClN3O2. The molecule has 2 aromatic heterocycles. The predicted octanol–water partition coefficient (Wildman–Crippen LogP) is 4.43. The average Bonchev–Trinajstić information content (AvgIpc) is 3.04. The third-order valence-corrected chi connectivity index (χ3v) is 4.26. The van der Waals surface area contributed by atoms with Gasteiger partial charge in [0.05, 0.1) is 11.3 Å². The van der Waals surface area contributed by atoms with Gasteiger partial charge in [-0.15, -0.1) is 0 Å². The lowest BCUT2D eigenvalue weighted by Crippen LogP contribution is -2.45. The first-order valence-corrected chi connectivity index (χ1v) is 7.99. The average molecular weight is 340 g/mol. The number of halogens is 1. The number of nitrogens with zero attached hydrogens (tertiary/aromatic N) is 3. The Labute approximate surface area is 143 Å². The molecule has 1 aromatic carbocycles. The van der Waals surface area contributed by atoms with Gasteiger partial charge in [0.25, 0.3) is 5.91 Å². The van der Waals surface area contributed by atoms with E-state index >= 15 is 0 Å². The molecule has 0 bridgehead atoms. The Morgan fingerprint density at radius 3 is 2.62 bits per heavy atom. The highest BCUT2D eigenvalue weighted by atomic mass is 35.5. The van der Waals surface area contributed by atoms with E-state index in [-0.39, 0.29) is 11.9 Å². The van der Waals surface area contributed by atoms with Crippen LogP contribution >= 0.6 is 11.6 Å². The van der Waals surface area contributed by atoms with E-state index in [1.165, 1.54) is 0 Å². The van der Waals surface area contributed by atoms with Gasteiger partial charge in [-0.25, -0.2) is 4.98 Å². The molecule has 0 aliphatic carbocycles. The minimum atomic E-state index is 0.0667. The van der Waals surface area contributed by atoms with Crippen LogP contribution < -0.4 is 4.90 Å². The van der Waals surface area contributed by atoms with Crippen LogP contribution in [-0.4, -0.2) is 22.1 Å². The van der Waals surface area contributed by atoms with E-state index in [1.807, 2.05) is 44.2 Å². The van der Waals surface area contributed by atoms with Crippen LogP contribution in [0, 0.1) is 0 Å². The molecule has 0 atom stereocenters. The molecule has 0 spiro atoms. The minimum Gasteiger partial charge on any atom is -0.356 e. The number of anilines is 1. The molecule has 0 unspecified atom stereocenters. The third-order valence-electron chi connectivity index (χ3n) is 4.04. The summed E-state index contributed by atoms with van der Waals surface area (Å²) in [6.45, 7) is 3.99. The van der Waals surface area contributed by atoms with Gasteiger partial charge in [0.15, 0.2) is 5.76 Å². The Kier molecular flexibility index (Phi) is 3.39. The normalized spacial score (nSPS) is 13.2. The van der Waals surface area contributed by atoms with Crippen LogP contribution in [0.15, 0.2) is 47.1 Å². The van der Waals surface area contributed by atoms with Crippen molar-refractivity contribution in [3.8, 4) is 22.6 Å². The molecular weight excluding hydrogens is 326 g/mol. The van der Waals surface area contributed by atoms with Gasteiger partial charge in [0.1, 0.15) is 10.8 Å². The first kappa shape index (κ1) is 14.9. The summed E-state index contributed by atoms with van der Waals surface area (Å²) in [7, 11) is 0. The number of amides is 1. The van der Waals surface area contributed by atoms with Crippen LogP contribution in [0.3, 0.4) is 0 Å². The van der Waals surface area contributed by atoms with Crippen LogP contribution in [0.25, 0.3) is 22.6 Å². The number of benzene rings is 1. The summed E-state index contributed by atoms with van der Waals surface area (Å²) < 4.78 is 5.46. The Morgan fingerprint density at radius 1 is 1.12 bits per heavy atom. The second kappa shape index (κ2) is 5.46. The number of pyridine rings is 1. The maximum absolute atomic E-state index is 12.0. The first-order valence-electron chi connectivity index (χ1n) is 7.61. The van der Waals surface area contributed by atoms with E-state index in [9.17, 15) is 4.79 Å². The second-order valence-corrected chi connectivity index (χ2v) is 6.33. The molecule has 1 aliphatic rings. The SMILES string of the molecule is CC(C)N1C(=O)c2ccc(-c3cc(-c4ccc(Cl)nc4)no3)cc21. The van der Waals surface area contributed by atoms with Gasteiger partial charge < -0.3 is 9.42 Å². The maximum atomic E-state index is 12.0. The summed E-state index contributed by atoms with van der Waals surface area (Å²) >= 11 is 5.80. The van der Waals surface area contributed by atoms with Gasteiger partial charge in [0, 0.05) is 29.4 Å². The van der Waals surface area contributed by atoms with Crippen LogP contribution in [-0.2, 0) is 0 Å². The Morgan fingerprint density at radius 2 is 1.92 bits per heavy atom. The predicted molar refractivity (Wildman–Crippen MR) is 92.1 cm³/mol. The zero-order valence-electron chi connectivity index (χ0n) is 13.2. The van der Waals surface area contributed by atoms with Crippen molar-refractivity contribution in [1.82, 2.24) is 10.1 Å². The molecule has 120 valence electrons. The number of rotatable bonds is 3. The van der Waals surface area contributed by atoms with Crippen molar-refractivity contribution >= 4 is 23.2 Å². The van der Waals surface area contributed by atoms with E-state index in [0.717, 1.165) is 22.4 Å². The fourth-order valence-electron chi connectivity index (χ4n) is 2.84. The van der Waals surface area contributed by atoms with Gasteiger partial charge in [-0.3, -0.25) is 4.79 Å². The van der Waals surface area contributed by atoms with Crippen molar-refractivity contribution in [1.29, 1.82) is 0 Å². The number of aromatic nitrogens is 2. The fraction of sp³-hybridized carbons (Fsp3) is 0.167. The van der Waals surface area contributed by atoms with Gasteiger partial charge in [-0.1, -0.05) is 22.8 Å². The van der Waals surface area contributed by atoms with E-state index in [4.69, 9.17) is 16.1 Å². The molecule has 1 amide bonds. The zero-order valence-corrected chi connectivity index (χ0v) is 13.9. The van der Waals surface area contributed by atoms with Crippen molar-refractivity contribution in [3.05, 3.63) is 53.3 Å². The van der Waals surface area contributed by atoms with E-state index in [0.29, 0.717) is 16.6 Å². The summed E-state index contributed by atoms with van der Waals surface area (Å²) in [5.74, 6) is 0.711. The van der Waals surface area contributed by atoms with E-state index in [2.05, 4.69) is 10.1 Å². The Hall–Kier alpha value is -2.66. The molecule has 1 aliphatic heterocycles. The topological polar surface area (TPSA) is 59.2 Å². The molecule has 3 aromatic rings. The number of carbonyl (C=O) groups excluding carboxylic acids is 1. The summed E-state index contributed by atoms with van der Waals surface area (Å²) in [4.78, 5) is 17.9. The summed E-state index contributed by atoms with van der Waals surface area (Å²) in [5.41, 5.74) is 4.08. The van der Waals surface area contributed by atoms with Crippen LogP contribution in [0.4, 0.5) is 5.69 Å². The van der Waals surface area contributed by atoms with Crippen molar-refractivity contribution in [2.45, 2.75) is 19.9 Å². The number of hydrogen-bond donors (Lipinski definition) is 0. The van der Waals surface area contributed by atoms with Gasteiger partial charge in [-0.2, -0.15) is 0 Å². The quantitative estimate of drug-likeness (QED) is 0.662. The first-order chi connectivity index (χ1) is 11.5. The standard InChI is InChI=1S/C18H14ClN3O2/c1-10(2)22-15-7-11(3-5-13(15)18(22)23)16-8-14(21-24-16)12-4-6-17(19)20-9-12/h3-10H,1-2H3. The third kappa shape index (κ3) is 2.29. The van der Waals surface area contributed by atoms with Crippen LogP contribution in [0.1, 0.15) is 24.2 Å². The Balaban J connectivity index is 1.68. The molecule has 0 fully saturated rings. The number of hydrogen-bond acceptors (Lipinski definition) is 4.